The second-order valence-corrected chi connectivity index (χ2v) is 12.3. The highest BCUT2D eigenvalue weighted by Crippen LogP contribution is 2.34. The Morgan fingerprint density at radius 1 is 1.06 bits per heavy atom. The number of fused-ring (bicyclic) bond motifs is 1. The Bertz CT molecular complexity index is 1260. The molecule has 1 aliphatic carbocycles. The van der Waals surface area contributed by atoms with Crippen molar-refractivity contribution < 1.29 is 13.2 Å². The molecule has 0 saturated heterocycles. The minimum atomic E-state index is -3.96. The zero-order chi connectivity index (χ0) is 23.6. The number of nitrogens with one attached hydrogen (secondary N) is 2. The molecule has 0 bridgehead atoms. The van der Waals surface area contributed by atoms with Crippen molar-refractivity contribution in [2.45, 2.75) is 48.0 Å². The van der Waals surface area contributed by atoms with Crippen LogP contribution in [0.1, 0.15) is 43.5 Å². The summed E-state index contributed by atoms with van der Waals surface area (Å²) in [6.07, 6.45) is 4.73. The number of hydrogen-bond acceptors (Lipinski definition) is 4. The van der Waals surface area contributed by atoms with E-state index in [4.69, 9.17) is 0 Å². The fraction of sp³-hybridized carbons (Fsp3) is 0.360. The standard InChI is InChI=1S/C25H28IN3O3S/c1-16(2)19-13-12-18(26)15-22(19)28-25(30)20-9-3-4-10-21(20)29-33(31,32)23-11-5-7-17-8-6-14-27-24(17)23/h3-11,14,16,18-19,22,29H,12-13,15H2,1-2H3,(H,28,30)/t18-,19+,22-/m1/s1. The average Bonchev–Trinajstić information content (AvgIpc) is 2.78. The van der Waals surface area contributed by atoms with Gasteiger partial charge in [-0.25, -0.2) is 8.42 Å². The number of hydrogen-bond donors (Lipinski definition) is 2. The van der Waals surface area contributed by atoms with Crippen molar-refractivity contribution in [2.24, 2.45) is 11.8 Å². The monoisotopic (exact) mass is 577 g/mol. The van der Waals surface area contributed by atoms with E-state index in [1.807, 2.05) is 12.1 Å². The van der Waals surface area contributed by atoms with Crippen LogP contribution in [-0.4, -0.2) is 29.3 Å². The number of halogens is 1. The summed E-state index contributed by atoms with van der Waals surface area (Å²) in [4.78, 5) is 17.6. The summed E-state index contributed by atoms with van der Waals surface area (Å²) in [5, 5.41) is 3.93. The van der Waals surface area contributed by atoms with Crippen molar-refractivity contribution in [3.63, 3.8) is 0 Å². The maximum absolute atomic E-state index is 13.3. The molecule has 1 fully saturated rings. The molecule has 1 heterocycles. The van der Waals surface area contributed by atoms with Crippen LogP contribution in [0.2, 0.25) is 0 Å². The smallest absolute Gasteiger partial charge is 0.264 e. The van der Waals surface area contributed by atoms with Gasteiger partial charge < -0.3 is 5.32 Å². The predicted octanol–water partition coefficient (Wildman–Crippen LogP) is 5.39. The molecule has 4 rings (SSSR count). The molecule has 1 saturated carbocycles. The van der Waals surface area contributed by atoms with E-state index in [1.165, 1.54) is 6.07 Å². The number of carbonyl (C=O) groups excluding carboxylic acids is 1. The second-order valence-electron chi connectivity index (χ2n) is 8.88. The highest BCUT2D eigenvalue weighted by Gasteiger charge is 2.33. The van der Waals surface area contributed by atoms with Crippen LogP contribution in [0.4, 0.5) is 5.69 Å². The molecule has 1 amide bonds. The number of alkyl halides is 1. The Morgan fingerprint density at radius 2 is 1.82 bits per heavy atom. The summed E-state index contributed by atoms with van der Waals surface area (Å²) >= 11 is 2.46. The lowest BCUT2D eigenvalue weighted by Gasteiger charge is -2.37. The first kappa shape index (κ1) is 23.9. The SMILES string of the molecule is CC(C)[C@@H]1CC[C@@H](I)C[C@H]1NC(=O)c1ccccc1NS(=O)(=O)c1cccc2cccnc12. The Morgan fingerprint density at radius 3 is 2.61 bits per heavy atom. The van der Waals surface area contributed by atoms with Crippen LogP contribution in [0.15, 0.2) is 65.7 Å². The molecule has 8 heteroatoms. The number of aromatic nitrogens is 1. The van der Waals surface area contributed by atoms with E-state index in [0.717, 1.165) is 24.6 Å². The number of nitrogens with zero attached hydrogens (tertiary/aromatic N) is 1. The lowest BCUT2D eigenvalue weighted by molar-refractivity contribution is 0.0893. The van der Waals surface area contributed by atoms with Gasteiger partial charge in [0, 0.05) is 21.5 Å². The van der Waals surface area contributed by atoms with E-state index in [2.05, 4.69) is 51.5 Å². The van der Waals surface area contributed by atoms with Crippen molar-refractivity contribution in [1.29, 1.82) is 0 Å². The first-order valence-corrected chi connectivity index (χ1v) is 13.9. The zero-order valence-electron chi connectivity index (χ0n) is 18.7. The molecule has 0 aliphatic heterocycles. The van der Waals surface area contributed by atoms with Gasteiger partial charge in [0.1, 0.15) is 4.90 Å². The minimum Gasteiger partial charge on any atom is -0.349 e. The summed E-state index contributed by atoms with van der Waals surface area (Å²) in [6.45, 7) is 4.38. The topological polar surface area (TPSA) is 88.2 Å². The van der Waals surface area contributed by atoms with Gasteiger partial charge in [0.05, 0.1) is 16.8 Å². The van der Waals surface area contributed by atoms with Crippen LogP contribution < -0.4 is 10.0 Å². The van der Waals surface area contributed by atoms with Crippen molar-refractivity contribution in [1.82, 2.24) is 10.3 Å². The van der Waals surface area contributed by atoms with E-state index < -0.39 is 10.0 Å². The fourth-order valence-electron chi connectivity index (χ4n) is 4.62. The molecule has 0 radical (unpaired) electrons. The molecule has 2 N–H and O–H groups in total. The Hall–Kier alpha value is -2.20. The van der Waals surface area contributed by atoms with Crippen LogP contribution >= 0.6 is 22.6 Å². The maximum atomic E-state index is 13.3. The number of anilines is 1. The van der Waals surface area contributed by atoms with Crippen LogP contribution in [-0.2, 0) is 10.0 Å². The van der Waals surface area contributed by atoms with Gasteiger partial charge in [-0.15, -0.1) is 0 Å². The summed E-state index contributed by atoms with van der Waals surface area (Å²) < 4.78 is 29.7. The van der Waals surface area contributed by atoms with Gasteiger partial charge in [0.15, 0.2) is 0 Å². The minimum absolute atomic E-state index is 0.0695. The largest absolute Gasteiger partial charge is 0.349 e. The third-order valence-electron chi connectivity index (χ3n) is 6.31. The van der Waals surface area contributed by atoms with Crippen LogP contribution in [0.3, 0.4) is 0 Å². The lowest BCUT2D eigenvalue weighted by Crippen LogP contribution is -2.46. The van der Waals surface area contributed by atoms with E-state index in [-0.39, 0.29) is 22.5 Å². The van der Waals surface area contributed by atoms with Gasteiger partial charge in [-0.05, 0) is 55.4 Å². The summed E-state index contributed by atoms with van der Waals surface area (Å²) in [6, 6.07) is 15.4. The highest BCUT2D eigenvalue weighted by atomic mass is 127. The van der Waals surface area contributed by atoms with Crippen molar-refractivity contribution in [3.8, 4) is 0 Å². The van der Waals surface area contributed by atoms with Gasteiger partial charge in [0.2, 0.25) is 0 Å². The fourth-order valence-corrected chi connectivity index (χ4v) is 6.78. The molecular formula is C25H28IN3O3S. The molecule has 0 unspecified atom stereocenters. The number of benzene rings is 2. The summed E-state index contributed by atoms with van der Waals surface area (Å²) in [5.41, 5.74) is 0.961. The Balaban J connectivity index is 1.61. The Kier molecular flexibility index (Phi) is 7.23. The van der Waals surface area contributed by atoms with Gasteiger partial charge in [-0.3, -0.25) is 14.5 Å². The molecule has 6 nitrogen and oxygen atoms in total. The van der Waals surface area contributed by atoms with Gasteiger partial charge in [-0.1, -0.05) is 66.8 Å². The van der Waals surface area contributed by atoms with Gasteiger partial charge in [-0.2, -0.15) is 0 Å². The van der Waals surface area contributed by atoms with Crippen LogP contribution in [0.5, 0.6) is 0 Å². The molecule has 3 aromatic rings. The number of pyridine rings is 1. The van der Waals surface area contributed by atoms with Crippen LogP contribution in [0.25, 0.3) is 10.9 Å². The number of amides is 1. The van der Waals surface area contributed by atoms with Gasteiger partial charge in [0.25, 0.3) is 15.9 Å². The van der Waals surface area contributed by atoms with Crippen molar-refractivity contribution in [2.75, 3.05) is 4.72 Å². The summed E-state index contributed by atoms with van der Waals surface area (Å²) in [7, 11) is -3.96. The zero-order valence-corrected chi connectivity index (χ0v) is 21.6. The molecule has 0 spiro atoms. The van der Waals surface area contributed by atoms with Crippen molar-refractivity contribution in [3.05, 3.63) is 66.4 Å². The number of sulfonamides is 1. The summed E-state index contributed by atoms with van der Waals surface area (Å²) in [5.74, 6) is 0.614. The predicted molar refractivity (Wildman–Crippen MR) is 140 cm³/mol. The number of rotatable bonds is 6. The van der Waals surface area contributed by atoms with E-state index >= 15 is 0 Å². The molecule has 33 heavy (non-hydrogen) atoms. The first-order chi connectivity index (χ1) is 15.8. The van der Waals surface area contributed by atoms with E-state index in [1.54, 1.807) is 42.6 Å². The molecule has 1 aromatic heterocycles. The maximum Gasteiger partial charge on any atom is 0.264 e. The first-order valence-electron chi connectivity index (χ1n) is 11.2. The normalized spacial score (nSPS) is 21.2. The molecule has 2 aromatic carbocycles. The molecule has 1 aliphatic rings. The highest BCUT2D eigenvalue weighted by molar-refractivity contribution is 14.1. The van der Waals surface area contributed by atoms with Crippen LogP contribution in [0, 0.1) is 11.8 Å². The molecule has 3 atom stereocenters. The quantitative estimate of drug-likeness (QED) is 0.304. The van der Waals surface area contributed by atoms with E-state index in [9.17, 15) is 13.2 Å². The third kappa shape index (κ3) is 5.32. The number of para-hydroxylation sites is 2. The number of carbonyl (C=O) groups is 1. The molecule has 174 valence electrons. The second kappa shape index (κ2) is 9.97. The third-order valence-corrected chi connectivity index (χ3v) is 8.84. The lowest BCUT2D eigenvalue weighted by atomic mass is 9.77. The Labute approximate surface area is 208 Å². The molecular weight excluding hydrogens is 549 g/mol. The average molecular weight is 577 g/mol. The van der Waals surface area contributed by atoms with E-state index in [0.29, 0.717) is 26.8 Å². The van der Waals surface area contributed by atoms with Gasteiger partial charge >= 0.3 is 0 Å². The van der Waals surface area contributed by atoms with Crippen molar-refractivity contribution >= 4 is 55.1 Å².